The summed E-state index contributed by atoms with van der Waals surface area (Å²) in [7, 11) is 0. The van der Waals surface area contributed by atoms with Crippen molar-refractivity contribution in [3.63, 3.8) is 0 Å². The number of aliphatic hydroxyl groups excluding tert-OH is 1. The lowest BCUT2D eigenvalue weighted by Crippen LogP contribution is -2.32. The Morgan fingerprint density at radius 2 is 2.07 bits per heavy atom. The number of hydrogen-bond acceptors (Lipinski definition) is 3. The molecule has 0 aliphatic carbocycles. The van der Waals surface area contributed by atoms with Crippen molar-refractivity contribution in [3.8, 4) is 0 Å². The highest BCUT2D eigenvalue weighted by atomic mass is 16.2. The SMILES string of the molecule is O=CN1C/C(=C/O)C(=O)c2ccccc21. The van der Waals surface area contributed by atoms with Gasteiger partial charge in [0.15, 0.2) is 5.78 Å². The number of nitrogens with zero attached hydrogens (tertiary/aromatic N) is 1. The number of carbonyl (C=O) groups excluding carboxylic acids is 2. The molecule has 1 amide bonds. The van der Waals surface area contributed by atoms with Gasteiger partial charge in [-0.15, -0.1) is 0 Å². The molecule has 1 aromatic carbocycles. The van der Waals surface area contributed by atoms with Gasteiger partial charge in [-0.1, -0.05) is 12.1 Å². The number of para-hydroxylation sites is 1. The van der Waals surface area contributed by atoms with Gasteiger partial charge in [-0.3, -0.25) is 9.59 Å². The summed E-state index contributed by atoms with van der Waals surface area (Å²) in [5.41, 5.74) is 1.25. The predicted molar refractivity (Wildman–Crippen MR) is 54.9 cm³/mol. The normalized spacial score (nSPS) is 17.7. The zero-order chi connectivity index (χ0) is 10.8. The fourth-order valence-electron chi connectivity index (χ4n) is 1.62. The first-order valence-electron chi connectivity index (χ1n) is 4.47. The second-order valence-electron chi connectivity index (χ2n) is 3.23. The molecule has 0 saturated carbocycles. The van der Waals surface area contributed by atoms with E-state index in [-0.39, 0.29) is 17.9 Å². The number of anilines is 1. The Balaban J connectivity index is 2.59. The van der Waals surface area contributed by atoms with Crippen molar-refractivity contribution >= 4 is 17.9 Å². The van der Waals surface area contributed by atoms with Gasteiger partial charge in [-0.05, 0) is 12.1 Å². The topological polar surface area (TPSA) is 57.6 Å². The average Bonchev–Trinajstić information content (AvgIpc) is 2.30. The van der Waals surface area contributed by atoms with E-state index >= 15 is 0 Å². The van der Waals surface area contributed by atoms with E-state index < -0.39 is 0 Å². The van der Waals surface area contributed by atoms with E-state index in [0.717, 1.165) is 6.26 Å². The molecule has 4 nitrogen and oxygen atoms in total. The van der Waals surface area contributed by atoms with Gasteiger partial charge in [-0.2, -0.15) is 0 Å². The zero-order valence-corrected chi connectivity index (χ0v) is 7.88. The van der Waals surface area contributed by atoms with E-state index in [1.54, 1.807) is 24.3 Å². The quantitative estimate of drug-likeness (QED) is 0.425. The monoisotopic (exact) mass is 203 g/mol. The standard InChI is InChI=1S/C11H9NO3/c13-6-8-5-12(7-14)10-4-2-1-3-9(10)11(8)15/h1-4,6-7,13H,5H2/b8-6-. The minimum Gasteiger partial charge on any atom is -0.515 e. The second-order valence-corrected chi connectivity index (χ2v) is 3.23. The number of rotatable bonds is 1. The fourth-order valence-corrected chi connectivity index (χ4v) is 1.62. The number of carbonyl (C=O) groups is 2. The third-order valence-electron chi connectivity index (χ3n) is 2.37. The molecule has 4 heteroatoms. The highest BCUT2D eigenvalue weighted by molar-refractivity contribution is 6.16. The third-order valence-corrected chi connectivity index (χ3v) is 2.37. The van der Waals surface area contributed by atoms with E-state index in [2.05, 4.69) is 0 Å². The number of Topliss-reactive ketones (excluding diaryl/α,β-unsaturated/α-hetero) is 1. The fraction of sp³-hybridized carbons (Fsp3) is 0.0909. The summed E-state index contributed by atoms with van der Waals surface area (Å²) in [6.07, 6.45) is 1.41. The lowest BCUT2D eigenvalue weighted by Gasteiger charge is -2.25. The first kappa shape index (κ1) is 9.45. The maximum atomic E-state index is 11.7. The van der Waals surface area contributed by atoms with Crippen molar-refractivity contribution < 1.29 is 14.7 Å². The van der Waals surface area contributed by atoms with Crippen molar-refractivity contribution in [3.05, 3.63) is 41.7 Å². The van der Waals surface area contributed by atoms with Crippen LogP contribution in [-0.2, 0) is 4.79 Å². The smallest absolute Gasteiger partial charge is 0.214 e. The summed E-state index contributed by atoms with van der Waals surface area (Å²) >= 11 is 0. The van der Waals surface area contributed by atoms with E-state index in [9.17, 15) is 9.59 Å². The molecule has 0 bridgehead atoms. The number of fused-ring (bicyclic) bond motifs is 1. The molecule has 1 aliphatic heterocycles. The average molecular weight is 203 g/mol. The lowest BCUT2D eigenvalue weighted by atomic mass is 9.97. The molecule has 1 N–H and O–H groups in total. The molecular formula is C11H9NO3. The number of aliphatic hydroxyl groups is 1. The van der Waals surface area contributed by atoms with Crippen molar-refractivity contribution in [2.45, 2.75) is 0 Å². The summed E-state index contributed by atoms with van der Waals surface area (Å²) < 4.78 is 0. The molecule has 0 fully saturated rings. The summed E-state index contributed by atoms with van der Waals surface area (Å²) in [6.45, 7) is 0.121. The molecular weight excluding hydrogens is 194 g/mol. The first-order chi connectivity index (χ1) is 7.27. The molecule has 0 saturated heterocycles. The Morgan fingerprint density at radius 1 is 1.33 bits per heavy atom. The first-order valence-corrected chi connectivity index (χ1v) is 4.47. The predicted octanol–water partition coefficient (Wildman–Crippen LogP) is 1.29. The van der Waals surface area contributed by atoms with E-state index in [1.807, 2.05) is 0 Å². The molecule has 0 atom stereocenters. The Kier molecular flexibility index (Phi) is 2.25. The van der Waals surface area contributed by atoms with E-state index in [0.29, 0.717) is 17.7 Å². The van der Waals surface area contributed by atoms with Gasteiger partial charge in [0.25, 0.3) is 0 Å². The van der Waals surface area contributed by atoms with Crippen LogP contribution in [0.3, 0.4) is 0 Å². The van der Waals surface area contributed by atoms with Gasteiger partial charge >= 0.3 is 0 Å². The molecule has 0 spiro atoms. The van der Waals surface area contributed by atoms with Crippen molar-refractivity contribution in [1.82, 2.24) is 0 Å². The summed E-state index contributed by atoms with van der Waals surface area (Å²) in [5, 5.41) is 8.87. The summed E-state index contributed by atoms with van der Waals surface area (Å²) in [6, 6.07) is 6.82. The van der Waals surface area contributed by atoms with Gasteiger partial charge in [0.2, 0.25) is 6.41 Å². The van der Waals surface area contributed by atoms with Gasteiger partial charge in [-0.25, -0.2) is 0 Å². The van der Waals surface area contributed by atoms with E-state index in [1.165, 1.54) is 4.90 Å². The van der Waals surface area contributed by atoms with Crippen LogP contribution in [0.1, 0.15) is 10.4 Å². The van der Waals surface area contributed by atoms with Gasteiger partial charge in [0.05, 0.1) is 24.1 Å². The van der Waals surface area contributed by atoms with Crippen LogP contribution in [-0.4, -0.2) is 23.8 Å². The van der Waals surface area contributed by atoms with Crippen molar-refractivity contribution in [2.24, 2.45) is 0 Å². The molecule has 76 valence electrons. The second kappa shape index (κ2) is 3.57. The zero-order valence-electron chi connectivity index (χ0n) is 7.88. The third kappa shape index (κ3) is 1.40. The Labute approximate surface area is 86.4 Å². The minimum absolute atomic E-state index is 0.121. The highest BCUT2D eigenvalue weighted by Crippen LogP contribution is 2.27. The van der Waals surface area contributed by atoms with Gasteiger partial charge < -0.3 is 10.0 Å². The van der Waals surface area contributed by atoms with Crippen LogP contribution in [0.4, 0.5) is 5.69 Å². The molecule has 1 heterocycles. The molecule has 15 heavy (non-hydrogen) atoms. The van der Waals surface area contributed by atoms with Crippen LogP contribution in [0.5, 0.6) is 0 Å². The minimum atomic E-state index is -0.230. The number of amides is 1. The summed E-state index contributed by atoms with van der Waals surface area (Å²) in [5.74, 6) is -0.230. The van der Waals surface area contributed by atoms with Crippen LogP contribution < -0.4 is 4.90 Å². The Hall–Kier alpha value is -2.10. The van der Waals surface area contributed by atoms with E-state index in [4.69, 9.17) is 5.11 Å². The summed E-state index contributed by atoms with van der Waals surface area (Å²) in [4.78, 5) is 23.9. The Morgan fingerprint density at radius 3 is 2.73 bits per heavy atom. The van der Waals surface area contributed by atoms with Gasteiger partial charge in [0, 0.05) is 5.56 Å². The van der Waals surface area contributed by atoms with Gasteiger partial charge in [0.1, 0.15) is 0 Å². The largest absolute Gasteiger partial charge is 0.515 e. The van der Waals surface area contributed by atoms with Crippen LogP contribution in [0, 0.1) is 0 Å². The molecule has 0 radical (unpaired) electrons. The van der Waals surface area contributed by atoms with Crippen molar-refractivity contribution in [2.75, 3.05) is 11.4 Å². The maximum Gasteiger partial charge on any atom is 0.214 e. The molecule has 2 rings (SSSR count). The maximum absolute atomic E-state index is 11.7. The highest BCUT2D eigenvalue weighted by Gasteiger charge is 2.26. The molecule has 1 aliphatic rings. The molecule has 0 unspecified atom stereocenters. The number of benzene rings is 1. The number of hydrogen-bond donors (Lipinski definition) is 1. The lowest BCUT2D eigenvalue weighted by molar-refractivity contribution is -0.107. The number of ketones is 1. The van der Waals surface area contributed by atoms with Crippen LogP contribution in [0.15, 0.2) is 36.1 Å². The van der Waals surface area contributed by atoms with Crippen molar-refractivity contribution in [1.29, 1.82) is 0 Å². The van der Waals surface area contributed by atoms with Crippen LogP contribution >= 0.6 is 0 Å². The Bertz CT molecular complexity index is 451. The molecule has 0 aromatic heterocycles. The molecule has 1 aromatic rings. The van der Waals surface area contributed by atoms with Crippen LogP contribution in [0.25, 0.3) is 0 Å². The van der Waals surface area contributed by atoms with Crippen LogP contribution in [0.2, 0.25) is 0 Å².